The summed E-state index contributed by atoms with van der Waals surface area (Å²) in [7, 11) is 0. The van der Waals surface area contributed by atoms with Gasteiger partial charge in [-0.25, -0.2) is 4.79 Å². The molecule has 1 fully saturated rings. The number of H-pyrrole nitrogens is 1. The Balaban J connectivity index is 1.34. The van der Waals surface area contributed by atoms with Crippen LogP contribution >= 0.6 is 23.2 Å². The average molecular weight is 603 g/mol. The zero-order chi connectivity index (χ0) is 29.1. The number of urea groups is 1. The summed E-state index contributed by atoms with van der Waals surface area (Å²) >= 11 is 12.3. The number of benzene rings is 3. The van der Waals surface area contributed by atoms with Gasteiger partial charge in [-0.2, -0.15) is 13.2 Å². The number of aromatic nitrogens is 1. The lowest BCUT2D eigenvalue weighted by molar-refractivity contribution is -0.137. The second-order valence-electron chi connectivity index (χ2n) is 10.0. The van der Waals surface area contributed by atoms with Crippen LogP contribution in [0.4, 0.5) is 23.7 Å². The van der Waals surface area contributed by atoms with Crippen molar-refractivity contribution in [3.8, 4) is 0 Å². The maximum atomic E-state index is 13.7. The second-order valence-corrected chi connectivity index (χ2v) is 10.8. The van der Waals surface area contributed by atoms with E-state index in [9.17, 15) is 22.8 Å². The molecule has 2 N–H and O–H groups in total. The number of nitrogens with zero attached hydrogens (tertiary/aromatic N) is 2. The van der Waals surface area contributed by atoms with Gasteiger partial charge >= 0.3 is 12.2 Å². The summed E-state index contributed by atoms with van der Waals surface area (Å²) in [6.45, 7) is 0.213. The molecule has 1 aliphatic carbocycles. The Hall–Kier alpha value is -3.69. The third kappa shape index (κ3) is 6.97. The minimum Gasteiger partial charge on any atom is -0.361 e. The van der Waals surface area contributed by atoms with E-state index in [0.717, 1.165) is 41.4 Å². The van der Waals surface area contributed by atoms with Crippen molar-refractivity contribution in [2.24, 2.45) is 0 Å². The maximum absolute atomic E-state index is 13.7. The highest BCUT2D eigenvalue weighted by molar-refractivity contribution is 6.44. The molecule has 11 heteroatoms. The van der Waals surface area contributed by atoms with Crippen molar-refractivity contribution in [2.75, 3.05) is 18.4 Å². The number of carbonyl (C=O) groups is 2. The average Bonchev–Trinajstić information content (AvgIpc) is 3.71. The molecule has 3 aromatic carbocycles. The number of anilines is 1. The first-order chi connectivity index (χ1) is 19.6. The molecule has 6 nitrogen and oxygen atoms in total. The fourth-order valence-electron chi connectivity index (χ4n) is 4.69. The summed E-state index contributed by atoms with van der Waals surface area (Å²) in [5.41, 5.74) is 2.12. The smallest absolute Gasteiger partial charge is 0.361 e. The van der Waals surface area contributed by atoms with Crippen LogP contribution in [0.1, 0.15) is 29.5 Å². The lowest BCUT2D eigenvalue weighted by Crippen LogP contribution is -2.45. The molecule has 1 aromatic heterocycles. The van der Waals surface area contributed by atoms with Gasteiger partial charge in [0.15, 0.2) is 0 Å². The summed E-state index contributed by atoms with van der Waals surface area (Å²) in [6, 6.07) is 16.9. The van der Waals surface area contributed by atoms with E-state index in [1.165, 1.54) is 17.0 Å². The summed E-state index contributed by atoms with van der Waals surface area (Å²) in [5.74, 6) is -0.316. The zero-order valence-corrected chi connectivity index (χ0v) is 23.4. The van der Waals surface area contributed by atoms with E-state index in [0.29, 0.717) is 29.2 Å². The molecule has 0 saturated heterocycles. The predicted octanol–water partition coefficient (Wildman–Crippen LogP) is 7.76. The molecule has 4 aromatic rings. The summed E-state index contributed by atoms with van der Waals surface area (Å²) in [4.78, 5) is 33.2. The van der Waals surface area contributed by atoms with Crippen molar-refractivity contribution in [3.63, 3.8) is 0 Å². The van der Waals surface area contributed by atoms with Gasteiger partial charge in [0, 0.05) is 36.2 Å². The molecule has 214 valence electrons. The molecular weight excluding hydrogens is 576 g/mol. The molecule has 0 unspecified atom stereocenters. The first-order valence-electron chi connectivity index (χ1n) is 13.1. The van der Waals surface area contributed by atoms with E-state index in [2.05, 4.69) is 10.3 Å². The van der Waals surface area contributed by atoms with Crippen molar-refractivity contribution < 1.29 is 22.8 Å². The van der Waals surface area contributed by atoms with Gasteiger partial charge in [-0.3, -0.25) is 4.79 Å². The number of aromatic amines is 1. The van der Waals surface area contributed by atoms with Crippen molar-refractivity contribution >= 4 is 51.7 Å². The monoisotopic (exact) mass is 602 g/mol. The highest BCUT2D eigenvalue weighted by atomic mass is 35.5. The van der Waals surface area contributed by atoms with Crippen LogP contribution in [0, 0.1) is 0 Å². The number of hydrogen-bond acceptors (Lipinski definition) is 2. The molecule has 0 atom stereocenters. The van der Waals surface area contributed by atoms with E-state index in [1.807, 2.05) is 30.5 Å². The third-order valence-corrected chi connectivity index (χ3v) is 7.90. The van der Waals surface area contributed by atoms with Gasteiger partial charge in [-0.15, -0.1) is 0 Å². The Morgan fingerprint density at radius 1 is 0.976 bits per heavy atom. The van der Waals surface area contributed by atoms with E-state index in [-0.39, 0.29) is 30.1 Å². The Kier molecular flexibility index (Phi) is 8.47. The quantitative estimate of drug-likeness (QED) is 0.205. The number of rotatable bonds is 9. The number of para-hydroxylation sites is 1. The van der Waals surface area contributed by atoms with Crippen LogP contribution in [0.5, 0.6) is 0 Å². The second kappa shape index (κ2) is 12.0. The van der Waals surface area contributed by atoms with Crippen LogP contribution in [0.3, 0.4) is 0 Å². The van der Waals surface area contributed by atoms with Gasteiger partial charge in [0.05, 0.1) is 21.3 Å². The van der Waals surface area contributed by atoms with Gasteiger partial charge in [-0.05, 0) is 60.7 Å². The molecule has 0 spiro atoms. The Labute approximate surface area is 245 Å². The van der Waals surface area contributed by atoms with Crippen LogP contribution in [-0.4, -0.2) is 45.9 Å². The minimum atomic E-state index is -4.45. The van der Waals surface area contributed by atoms with E-state index in [1.54, 1.807) is 23.1 Å². The largest absolute Gasteiger partial charge is 0.416 e. The first-order valence-corrected chi connectivity index (χ1v) is 13.9. The molecule has 5 rings (SSSR count). The van der Waals surface area contributed by atoms with E-state index >= 15 is 0 Å². The standard InChI is InChI=1S/C30H27Cl2F3N4O2/c31-24-5-3-7-26(28(24)32)37-29(41)39(22-12-13-22)18-27(40)38(17-19-8-10-21(11-9-19)30(33,34)35)15-14-20-16-36-25-6-2-1-4-23(20)25/h1-11,16,22,36H,12-15,17-18H2,(H,37,41). The molecular formula is C30H27Cl2F3N4O2. The van der Waals surface area contributed by atoms with E-state index < -0.39 is 17.8 Å². The number of amides is 3. The lowest BCUT2D eigenvalue weighted by Gasteiger charge is -2.28. The van der Waals surface area contributed by atoms with Crippen molar-refractivity contribution in [2.45, 2.75) is 38.0 Å². The molecule has 0 aliphatic heterocycles. The normalized spacial score (nSPS) is 13.3. The van der Waals surface area contributed by atoms with Crippen molar-refractivity contribution in [1.29, 1.82) is 0 Å². The van der Waals surface area contributed by atoms with Gasteiger partial charge in [0.25, 0.3) is 0 Å². The van der Waals surface area contributed by atoms with Crippen molar-refractivity contribution in [3.05, 3.63) is 99.7 Å². The number of carbonyl (C=O) groups excluding carboxylic acids is 2. The maximum Gasteiger partial charge on any atom is 0.416 e. The van der Waals surface area contributed by atoms with Crippen molar-refractivity contribution in [1.82, 2.24) is 14.8 Å². The Morgan fingerprint density at radius 3 is 2.41 bits per heavy atom. The van der Waals surface area contributed by atoms with Gasteiger partial charge in [-0.1, -0.05) is 59.6 Å². The number of alkyl halides is 3. The molecule has 1 heterocycles. The van der Waals surface area contributed by atoms with E-state index in [4.69, 9.17) is 23.2 Å². The summed E-state index contributed by atoms with van der Waals surface area (Å²) in [6.07, 6.45) is -0.516. The highest BCUT2D eigenvalue weighted by Crippen LogP contribution is 2.32. The van der Waals surface area contributed by atoms with Crippen LogP contribution < -0.4 is 5.32 Å². The number of hydrogen-bond donors (Lipinski definition) is 2. The molecule has 1 saturated carbocycles. The lowest BCUT2D eigenvalue weighted by atomic mass is 10.1. The zero-order valence-electron chi connectivity index (χ0n) is 21.8. The van der Waals surface area contributed by atoms with Crippen LogP contribution in [0.25, 0.3) is 10.9 Å². The molecule has 0 radical (unpaired) electrons. The predicted molar refractivity (Wildman–Crippen MR) is 154 cm³/mol. The van der Waals surface area contributed by atoms with Gasteiger partial charge < -0.3 is 20.1 Å². The van der Waals surface area contributed by atoms with Crippen LogP contribution in [-0.2, 0) is 23.9 Å². The SMILES string of the molecule is O=C(CN(C(=O)Nc1cccc(Cl)c1Cl)C1CC1)N(CCc1c[nH]c2ccccc12)Cc1ccc(C(F)(F)F)cc1. The fraction of sp³-hybridized carbons (Fsp3) is 0.267. The number of fused-ring (bicyclic) bond motifs is 1. The molecule has 41 heavy (non-hydrogen) atoms. The Bertz CT molecular complexity index is 1550. The third-order valence-electron chi connectivity index (χ3n) is 7.08. The molecule has 1 aliphatic rings. The number of nitrogens with one attached hydrogen (secondary N) is 2. The summed E-state index contributed by atoms with van der Waals surface area (Å²) < 4.78 is 39.3. The first kappa shape index (κ1) is 28.8. The highest BCUT2D eigenvalue weighted by Gasteiger charge is 2.35. The van der Waals surface area contributed by atoms with Crippen LogP contribution in [0.15, 0.2) is 72.9 Å². The molecule has 3 amide bonds. The van der Waals surface area contributed by atoms with Gasteiger partial charge in [0.1, 0.15) is 6.54 Å². The Morgan fingerprint density at radius 2 is 1.71 bits per heavy atom. The molecule has 0 bridgehead atoms. The fourth-order valence-corrected chi connectivity index (χ4v) is 5.04. The topological polar surface area (TPSA) is 68.4 Å². The van der Waals surface area contributed by atoms with Crippen LogP contribution in [0.2, 0.25) is 10.0 Å². The minimum absolute atomic E-state index is 0.0968. The summed E-state index contributed by atoms with van der Waals surface area (Å²) in [5, 5.41) is 4.28. The number of halogens is 5. The van der Waals surface area contributed by atoms with Gasteiger partial charge in [0.2, 0.25) is 5.91 Å².